The Kier molecular flexibility index (Phi) is 8.91. The number of benzene rings is 2. The molecule has 9 heteroatoms. The molecule has 1 saturated heterocycles. The number of piperidine rings is 1. The zero-order valence-electron chi connectivity index (χ0n) is 22.7. The molecule has 1 aliphatic heterocycles. The first-order valence-corrected chi connectivity index (χ1v) is 13.3. The molecule has 4 rings (SSSR count). The summed E-state index contributed by atoms with van der Waals surface area (Å²) < 4.78 is 0. The van der Waals surface area contributed by atoms with E-state index in [0.29, 0.717) is 24.3 Å². The molecule has 3 aromatic rings. The van der Waals surface area contributed by atoms with Crippen LogP contribution < -0.4 is 20.9 Å². The van der Waals surface area contributed by atoms with Crippen LogP contribution in [0.15, 0.2) is 67.0 Å². The van der Waals surface area contributed by atoms with E-state index in [-0.39, 0.29) is 23.6 Å². The van der Waals surface area contributed by atoms with E-state index in [2.05, 4.69) is 30.8 Å². The van der Waals surface area contributed by atoms with Gasteiger partial charge in [0.2, 0.25) is 11.8 Å². The van der Waals surface area contributed by atoms with Crippen molar-refractivity contribution in [3.05, 3.63) is 72.6 Å². The van der Waals surface area contributed by atoms with E-state index < -0.39 is 5.41 Å². The van der Waals surface area contributed by atoms with Crippen molar-refractivity contribution >= 4 is 29.2 Å². The highest BCUT2D eigenvalue weighted by Crippen LogP contribution is 2.25. The number of anilines is 2. The average molecular weight is 529 g/mol. The van der Waals surface area contributed by atoms with Crippen LogP contribution in [0.4, 0.5) is 11.5 Å². The summed E-state index contributed by atoms with van der Waals surface area (Å²) in [6.45, 7) is 7.69. The van der Waals surface area contributed by atoms with Crippen LogP contribution in [0.1, 0.15) is 44.0 Å². The lowest BCUT2D eigenvalue weighted by molar-refractivity contribution is -0.125. The van der Waals surface area contributed by atoms with Gasteiger partial charge in [0.25, 0.3) is 5.91 Å². The van der Waals surface area contributed by atoms with Crippen LogP contribution in [0.25, 0.3) is 11.3 Å². The molecule has 0 unspecified atom stereocenters. The molecule has 3 amide bonds. The topological polar surface area (TPSA) is 116 Å². The second kappa shape index (κ2) is 12.5. The molecular formula is C30H36N6O3. The number of nitrogens with one attached hydrogen (secondary N) is 3. The maximum Gasteiger partial charge on any atom is 0.251 e. The second-order valence-electron chi connectivity index (χ2n) is 10.7. The van der Waals surface area contributed by atoms with Gasteiger partial charge in [-0.05, 0) is 37.1 Å². The van der Waals surface area contributed by atoms with E-state index in [4.69, 9.17) is 0 Å². The minimum absolute atomic E-state index is 0.00973. The molecule has 2 heterocycles. The molecule has 1 aromatic heterocycles. The summed E-state index contributed by atoms with van der Waals surface area (Å²) in [5, 5.41) is 8.61. The normalized spacial score (nSPS) is 14.0. The quantitative estimate of drug-likeness (QED) is 0.382. The van der Waals surface area contributed by atoms with Crippen LogP contribution in [0, 0.1) is 11.3 Å². The minimum atomic E-state index is -0.499. The highest BCUT2D eigenvalue weighted by molar-refractivity contribution is 5.97. The predicted octanol–water partition coefficient (Wildman–Crippen LogP) is 3.89. The van der Waals surface area contributed by atoms with E-state index in [9.17, 15) is 14.4 Å². The summed E-state index contributed by atoms with van der Waals surface area (Å²) in [7, 11) is 0. The van der Waals surface area contributed by atoms with E-state index >= 15 is 0 Å². The fourth-order valence-electron chi connectivity index (χ4n) is 4.29. The van der Waals surface area contributed by atoms with Crippen molar-refractivity contribution in [1.82, 2.24) is 20.6 Å². The molecule has 0 aliphatic carbocycles. The van der Waals surface area contributed by atoms with Gasteiger partial charge >= 0.3 is 0 Å². The molecule has 204 valence electrons. The van der Waals surface area contributed by atoms with Crippen LogP contribution in [0.2, 0.25) is 0 Å². The first kappa shape index (κ1) is 27.8. The van der Waals surface area contributed by atoms with Gasteiger partial charge in [0.1, 0.15) is 12.1 Å². The van der Waals surface area contributed by atoms with Crippen molar-refractivity contribution in [3.63, 3.8) is 0 Å². The highest BCUT2D eigenvalue weighted by atomic mass is 16.2. The predicted molar refractivity (Wildman–Crippen MR) is 152 cm³/mol. The van der Waals surface area contributed by atoms with E-state index in [1.165, 1.54) is 0 Å². The summed E-state index contributed by atoms with van der Waals surface area (Å²) in [5.74, 6) is 0.493. The third-order valence-corrected chi connectivity index (χ3v) is 6.71. The van der Waals surface area contributed by atoms with Crippen molar-refractivity contribution in [1.29, 1.82) is 0 Å². The number of carbonyl (C=O) groups is 3. The molecule has 39 heavy (non-hydrogen) atoms. The molecule has 0 saturated carbocycles. The number of hydrogen-bond acceptors (Lipinski definition) is 6. The van der Waals surface area contributed by atoms with Crippen molar-refractivity contribution in [2.45, 2.75) is 33.6 Å². The molecule has 3 N–H and O–H groups in total. The van der Waals surface area contributed by atoms with Gasteiger partial charge < -0.3 is 20.9 Å². The molecule has 1 fully saturated rings. The Bertz CT molecular complexity index is 1280. The molecular weight excluding hydrogens is 492 g/mol. The van der Waals surface area contributed by atoms with Crippen molar-refractivity contribution in [2.75, 3.05) is 36.4 Å². The molecule has 0 atom stereocenters. The number of nitrogens with zero attached hydrogens (tertiary/aromatic N) is 3. The summed E-state index contributed by atoms with van der Waals surface area (Å²) >= 11 is 0. The lowest BCUT2D eigenvalue weighted by Crippen LogP contribution is -2.42. The van der Waals surface area contributed by atoms with Gasteiger partial charge in [-0.25, -0.2) is 9.97 Å². The summed E-state index contributed by atoms with van der Waals surface area (Å²) in [6, 6.07) is 18.7. The van der Waals surface area contributed by atoms with Crippen LogP contribution in [0.5, 0.6) is 0 Å². The summed E-state index contributed by atoms with van der Waals surface area (Å²) in [5.41, 5.74) is 2.56. The SMILES string of the molecule is CC(C)(C)C(=O)Nc1ccc(C(=O)NCCNC(=O)C2CCN(c3cc(-c4ccccc4)ncn3)CC2)cc1. The zero-order chi connectivity index (χ0) is 27.8. The number of rotatable bonds is 8. The van der Waals surface area contributed by atoms with Crippen molar-refractivity contribution in [3.8, 4) is 11.3 Å². The number of hydrogen-bond donors (Lipinski definition) is 3. The fourth-order valence-corrected chi connectivity index (χ4v) is 4.29. The standard InChI is InChI=1S/C30H36N6O3/c1-30(2,3)29(39)35-24-11-9-22(10-12-24)27(37)31-15-16-32-28(38)23-13-17-36(18-14-23)26-19-25(33-20-34-26)21-7-5-4-6-8-21/h4-12,19-20,23H,13-18H2,1-3H3,(H,31,37)(H,32,38)(H,35,39). The first-order valence-electron chi connectivity index (χ1n) is 13.3. The molecule has 0 bridgehead atoms. The number of aromatic nitrogens is 2. The smallest absolute Gasteiger partial charge is 0.251 e. The first-order chi connectivity index (χ1) is 18.7. The fraction of sp³-hybridized carbons (Fsp3) is 0.367. The van der Waals surface area contributed by atoms with Gasteiger partial charge in [-0.3, -0.25) is 14.4 Å². The Morgan fingerprint density at radius 3 is 2.23 bits per heavy atom. The Morgan fingerprint density at radius 2 is 1.56 bits per heavy atom. The van der Waals surface area contributed by atoms with Crippen molar-refractivity contribution < 1.29 is 14.4 Å². The minimum Gasteiger partial charge on any atom is -0.356 e. The Morgan fingerprint density at radius 1 is 0.897 bits per heavy atom. The van der Waals surface area contributed by atoms with Crippen LogP contribution in [-0.4, -0.2) is 53.9 Å². The van der Waals surface area contributed by atoms with E-state index in [1.54, 1.807) is 30.6 Å². The maximum atomic E-state index is 12.7. The largest absolute Gasteiger partial charge is 0.356 e. The molecule has 0 radical (unpaired) electrons. The Balaban J connectivity index is 1.17. The van der Waals surface area contributed by atoms with Crippen molar-refractivity contribution in [2.24, 2.45) is 11.3 Å². The molecule has 9 nitrogen and oxygen atoms in total. The van der Waals surface area contributed by atoms with Gasteiger partial charge in [0.05, 0.1) is 5.69 Å². The Labute approximate surface area is 229 Å². The summed E-state index contributed by atoms with van der Waals surface area (Å²) in [6.07, 6.45) is 3.06. The second-order valence-corrected chi connectivity index (χ2v) is 10.7. The molecule has 2 aromatic carbocycles. The van der Waals surface area contributed by atoms with Crippen LogP contribution in [-0.2, 0) is 9.59 Å². The van der Waals surface area contributed by atoms with E-state index in [0.717, 1.165) is 43.0 Å². The Hall–Kier alpha value is -4.27. The average Bonchev–Trinajstić information content (AvgIpc) is 2.95. The maximum absolute atomic E-state index is 12.7. The monoisotopic (exact) mass is 528 g/mol. The lowest BCUT2D eigenvalue weighted by atomic mass is 9.95. The van der Waals surface area contributed by atoms with Crippen LogP contribution >= 0.6 is 0 Å². The lowest BCUT2D eigenvalue weighted by Gasteiger charge is -2.32. The molecule has 1 aliphatic rings. The third-order valence-electron chi connectivity index (χ3n) is 6.71. The number of carbonyl (C=O) groups excluding carboxylic acids is 3. The van der Waals surface area contributed by atoms with Gasteiger partial charge in [-0.15, -0.1) is 0 Å². The number of amides is 3. The molecule has 0 spiro atoms. The van der Waals surface area contributed by atoms with Crippen LogP contribution in [0.3, 0.4) is 0 Å². The summed E-state index contributed by atoms with van der Waals surface area (Å²) in [4.78, 5) is 48.3. The van der Waals surface area contributed by atoms with Gasteiger partial charge in [0, 0.05) is 60.4 Å². The van der Waals surface area contributed by atoms with Gasteiger partial charge in [0.15, 0.2) is 0 Å². The van der Waals surface area contributed by atoms with Gasteiger partial charge in [-0.2, -0.15) is 0 Å². The van der Waals surface area contributed by atoms with Gasteiger partial charge in [-0.1, -0.05) is 51.1 Å². The third kappa shape index (κ3) is 7.63. The zero-order valence-corrected chi connectivity index (χ0v) is 22.7. The van der Waals surface area contributed by atoms with E-state index in [1.807, 2.05) is 57.2 Å². The highest BCUT2D eigenvalue weighted by Gasteiger charge is 2.26.